The van der Waals surface area contributed by atoms with Gasteiger partial charge in [-0.15, -0.1) is 0 Å². The SMILES string of the molecule is COc1cc(C(=O)O)cc(NC(=O)C2CCCc3ccccc32)c1OC. The maximum absolute atomic E-state index is 12.9. The maximum Gasteiger partial charge on any atom is 0.335 e. The number of carbonyl (C=O) groups is 2. The van der Waals surface area contributed by atoms with Crippen molar-refractivity contribution in [1.29, 1.82) is 0 Å². The number of aryl methyl sites for hydroxylation is 1. The minimum atomic E-state index is -1.11. The zero-order valence-corrected chi connectivity index (χ0v) is 14.7. The summed E-state index contributed by atoms with van der Waals surface area (Å²) in [6, 6.07) is 10.7. The Labute approximate surface area is 151 Å². The number of rotatable bonds is 5. The quantitative estimate of drug-likeness (QED) is 0.858. The number of hydrogen-bond donors (Lipinski definition) is 2. The second-order valence-electron chi connectivity index (χ2n) is 6.20. The molecule has 1 aliphatic carbocycles. The summed E-state index contributed by atoms with van der Waals surface area (Å²) in [5, 5.41) is 12.1. The van der Waals surface area contributed by atoms with Crippen molar-refractivity contribution in [3.05, 3.63) is 53.1 Å². The first-order chi connectivity index (χ1) is 12.5. The van der Waals surface area contributed by atoms with Crippen molar-refractivity contribution < 1.29 is 24.2 Å². The molecule has 2 aromatic carbocycles. The third kappa shape index (κ3) is 3.35. The Hall–Kier alpha value is -3.02. The lowest BCUT2D eigenvalue weighted by Crippen LogP contribution is -2.25. The highest BCUT2D eigenvalue weighted by molar-refractivity contribution is 5.99. The largest absolute Gasteiger partial charge is 0.493 e. The summed E-state index contributed by atoms with van der Waals surface area (Å²) in [7, 11) is 2.87. The molecule has 1 unspecified atom stereocenters. The van der Waals surface area contributed by atoms with Crippen molar-refractivity contribution in [2.45, 2.75) is 25.2 Å². The first kappa shape index (κ1) is 17.8. The molecule has 2 N–H and O–H groups in total. The predicted octanol–water partition coefficient (Wildman–Crippen LogP) is 3.46. The number of amides is 1. The monoisotopic (exact) mass is 355 g/mol. The van der Waals surface area contributed by atoms with Gasteiger partial charge < -0.3 is 19.9 Å². The molecule has 6 nitrogen and oxygen atoms in total. The highest BCUT2D eigenvalue weighted by Gasteiger charge is 2.27. The van der Waals surface area contributed by atoms with Crippen molar-refractivity contribution in [2.75, 3.05) is 19.5 Å². The number of methoxy groups -OCH3 is 2. The van der Waals surface area contributed by atoms with Gasteiger partial charge in [0, 0.05) is 0 Å². The second kappa shape index (κ2) is 7.47. The summed E-state index contributed by atoms with van der Waals surface area (Å²) in [6.45, 7) is 0. The van der Waals surface area contributed by atoms with Gasteiger partial charge in [0.25, 0.3) is 0 Å². The number of anilines is 1. The molecule has 136 valence electrons. The molecular weight excluding hydrogens is 334 g/mol. The molecular formula is C20H21NO5. The molecule has 0 heterocycles. The standard InChI is InChI=1S/C20H21NO5/c1-25-17-11-13(20(23)24)10-16(18(17)26-2)21-19(22)15-9-5-7-12-6-3-4-8-14(12)15/h3-4,6,8,10-11,15H,5,7,9H2,1-2H3,(H,21,22)(H,23,24). The van der Waals surface area contributed by atoms with Crippen LogP contribution in [0, 0.1) is 0 Å². The molecule has 3 rings (SSSR count). The summed E-state index contributed by atoms with van der Waals surface area (Å²) in [5.41, 5.74) is 2.51. The Morgan fingerprint density at radius 2 is 1.92 bits per heavy atom. The summed E-state index contributed by atoms with van der Waals surface area (Å²) >= 11 is 0. The van der Waals surface area contributed by atoms with Crippen molar-refractivity contribution in [1.82, 2.24) is 0 Å². The predicted molar refractivity (Wildman–Crippen MR) is 97.3 cm³/mol. The van der Waals surface area contributed by atoms with Gasteiger partial charge in [-0.1, -0.05) is 24.3 Å². The number of benzene rings is 2. The van der Waals surface area contributed by atoms with E-state index < -0.39 is 5.97 Å². The van der Waals surface area contributed by atoms with Crippen LogP contribution in [0.1, 0.15) is 40.2 Å². The molecule has 0 bridgehead atoms. The fraction of sp³-hybridized carbons (Fsp3) is 0.300. The Morgan fingerprint density at radius 3 is 2.62 bits per heavy atom. The van der Waals surface area contributed by atoms with Gasteiger partial charge in [-0.25, -0.2) is 4.79 Å². The highest BCUT2D eigenvalue weighted by atomic mass is 16.5. The number of aromatic carboxylic acids is 1. The number of hydrogen-bond acceptors (Lipinski definition) is 4. The van der Waals surface area contributed by atoms with Gasteiger partial charge in [-0.2, -0.15) is 0 Å². The average molecular weight is 355 g/mol. The van der Waals surface area contributed by atoms with Crippen LogP contribution in [-0.4, -0.2) is 31.2 Å². The second-order valence-corrected chi connectivity index (χ2v) is 6.20. The third-order valence-electron chi connectivity index (χ3n) is 4.67. The van der Waals surface area contributed by atoms with E-state index in [4.69, 9.17) is 9.47 Å². The molecule has 0 aromatic heterocycles. The Kier molecular flexibility index (Phi) is 5.11. The molecule has 0 fully saturated rings. The summed E-state index contributed by atoms with van der Waals surface area (Å²) in [4.78, 5) is 24.3. The molecule has 2 aromatic rings. The van der Waals surface area contributed by atoms with E-state index in [1.54, 1.807) is 0 Å². The smallest absolute Gasteiger partial charge is 0.335 e. The first-order valence-corrected chi connectivity index (χ1v) is 8.43. The van der Waals surface area contributed by atoms with Crippen LogP contribution in [0.5, 0.6) is 11.5 Å². The fourth-order valence-electron chi connectivity index (χ4n) is 3.43. The van der Waals surface area contributed by atoms with Gasteiger partial charge >= 0.3 is 5.97 Å². The maximum atomic E-state index is 12.9. The molecule has 0 saturated heterocycles. The van der Waals surface area contributed by atoms with Gasteiger partial charge in [-0.05, 0) is 42.5 Å². The van der Waals surface area contributed by atoms with E-state index in [1.165, 1.54) is 31.9 Å². The van der Waals surface area contributed by atoms with Gasteiger partial charge in [0.05, 0.1) is 31.4 Å². The zero-order chi connectivity index (χ0) is 18.7. The normalized spacial score (nSPS) is 15.7. The third-order valence-corrected chi connectivity index (χ3v) is 4.67. The Morgan fingerprint density at radius 1 is 1.15 bits per heavy atom. The molecule has 0 spiro atoms. The van der Waals surface area contributed by atoms with E-state index in [2.05, 4.69) is 5.32 Å². The van der Waals surface area contributed by atoms with Crippen LogP contribution in [0.2, 0.25) is 0 Å². The highest BCUT2D eigenvalue weighted by Crippen LogP contribution is 2.38. The molecule has 26 heavy (non-hydrogen) atoms. The fourth-order valence-corrected chi connectivity index (χ4v) is 3.43. The molecule has 1 atom stereocenters. The number of carboxylic acids is 1. The van der Waals surface area contributed by atoms with E-state index in [0.717, 1.165) is 24.8 Å². The number of carbonyl (C=O) groups excluding carboxylic acids is 1. The van der Waals surface area contributed by atoms with Crippen LogP contribution in [0.25, 0.3) is 0 Å². The van der Waals surface area contributed by atoms with Gasteiger partial charge in [0.2, 0.25) is 5.91 Å². The summed E-state index contributed by atoms with van der Waals surface area (Å²) < 4.78 is 10.5. The van der Waals surface area contributed by atoms with Gasteiger partial charge in [0.15, 0.2) is 11.5 Å². The van der Waals surface area contributed by atoms with Crippen LogP contribution in [0.4, 0.5) is 5.69 Å². The van der Waals surface area contributed by atoms with Gasteiger partial charge in [-0.3, -0.25) is 4.79 Å². The first-order valence-electron chi connectivity index (χ1n) is 8.43. The van der Waals surface area contributed by atoms with Crippen molar-refractivity contribution in [3.63, 3.8) is 0 Å². The lowest BCUT2D eigenvalue weighted by molar-refractivity contribution is -0.117. The number of nitrogens with one attached hydrogen (secondary N) is 1. The molecule has 0 saturated carbocycles. The molecule has 6 heteroatoms. The van der Waals surface area contributed by atoms with Gasteiger partial charge in [0.1, 0.15) is 0 Å². The zero-order valence-electron chi connectivity index (χ0n) is 14.7. The van der Waals surface area contributed by atoms with Crippen molar-refractivity contribution in [3.8, 4) is 11.5 Å². The number of fused-ring (bicyclic) bond motifs is 1. The lowest BCUT2D eigenvalue weighted by Gasteiger charge is -2.25. The van der Waals surface area contributed by atoms with E-state index in [0.29, 0.717) is 5.75 Å². The van der Waals surface area contributed by atoms with E-state index in [9.17, 15) is 14.7 Å². The van der Waals surface area contributed by atoms with Crippen molar-refractivity contribution in [2.24, 2.45) is 0 Å². The molecule has 1 amide bonds. The Bertz CT molecular complexity index is 846. The number of carboxylic acid groups (broad SMARTS) is 1. The lowest BCUT2D eigenvalue weighted by atomic mass is 9.82. The van der Waals surface area contributed by atoms with E-state index in [1.807, 2.05) is 24.3 Å². The Balaban J connectivity index is 1.95. The summed E-state index contributed by atoms with van der Waals surface area (Å²) in [6.07, 6.45) is 2.65. The molecule has 0 radical (unpaired) electrons. The minimum absolute atomic E-state index is 0.0157. The average Bonchev–Trinajstić information content (AvgIpc) is 2.66. The molecule has 1 aliphatic rings. The molecule has 0 aliphatic heterocycles. The van der Waals surface area contributed by atoms with Crippen LogP contribution in [-0.2, 0) is 11.2 Å². The van der Waals surface area contributed by atoms with Crippen LogP contribution < -0.4 is 14.8 Å². The topological polar surface area (TPSA) is 84.9 Å². The number of ether oxygens (including phenoxy) is 2. The summed E-state index contributed by atoms with van der Waals surface area (Å²) in [5.74, 6) is -1.00. The van der Waals surface area contributed by atoms with E-state index >= 15 is 0 Å². The van der Waals surface area contributed by atoms with E-state index in [-0.39, 0.29) is 28.8 Å². The van der Waals surface area contributed by atoms with Crippen LogP contribution in [0.15, 0.2) is 36.4 Å². The van der Waals surface area contributed by atoms with Crippen molar-refractivity contribution >= 4 is 17.6 Å². The van der Waals surface area contributed by atoms with Crippen LogP contribution >= 0.6 is 0 Å². The van der Waals surface area contributed by atoms with Crippen LogP contribution in [0.3, 0.4) is 0 Å². The minimum Gasteiger partial charge on any atom is -0.493 e.